The van der Waals surface area contributed by atoms with Crippen molar-refractivity contribution < 1.29 is 24.1 Å². The first kappa shape index (κ1) is 17.6. The standard InChI is InChI=1S/C20H23NO5/c21-16-17(22)18-15(12-24-19(26-18)14-9-5-2-6-10-14)25-20(16)23-11-13-7-3-1-4-8-13/h1-10,15-20,22H,11-12,21H2/t15-,16-,17-,18?,19?,20?/m1/s1. The van der Waals surface area contributed by atoms with Crippen molar-refractivity contribution in [3.05, 3.63) is 71.8 Å². The fraction of sp³-hybridized carbons (Fsp3) is 0.400. The van der Waals surface area contributed by atoms with Crippen molar-refractivity contribution in [3.8, 4) is 0 Å². The zero-order valence-corrected chi connectivity index (χ0v) is 14.3. The van der Waals surface area contributed by atoms with E-state index in [0.717, 1.165) is 11.1 Å². The molecule has 0 radical (unpaired) electrons. The molecule has 2 aliphatic heterocycles. The molecule has 0 aliphatic carbocycles. The third kappa shape index (κ3) is 3.66. The maximum absolute atomic E-state index is 10.6. The number of hydrogen-bond donors (Lipinski definition) is 2. The van der Waals surface area contributed by atoms with Gasteiger partial charge in [-0.25, -0.2) is 0 Å². The minimum absolute atomic E-state index is 0.305. The van der Waals surface area contributed by atoms with E-state index in [4.69, 9.17) is 24.7 Å². The fourth-order valence-corrected chi connectivity index (χ4v) is 3.29. The lowest BCUT2D eigenvalue weighted by Gasteiger charge is -2.46. The molecular formula is C20H23NO5. The number of aliphatic hydroxyl groups is 1. The summed E-state index contributed by atoms with van der Waals surface area (Å²) in [6, 6.07) is 18.7. The highest BCUT2D eigenvalue weighted by Gasteiger charge is 2.48. The number of hydrogen-bond acceptors (Lipinski definition) is 6. The summed E-state index contributed by atoms with van der Waals surface area (Å²) in [7, 11) is 0. The van der Waals surface area contributed by atoms with Gasteiger partial charge < -0.3 is 29.8 Å². The van der Waals surface area contributed by atoms with Crippen molar-refractivity contribution in [1.29, 1.82) is 0 Å². The second-order valence-electron chi connectivity index (χ2n) is 6.58. The van der Waals surface area contributed by atoms with E-state index in [0.29, 0.717) is 13.2 Å². The minimum Gasteiger partial charge on any atom is -0.388 e. The van der Waals surface area contributed by atoms with Crippen LogP contribution >= 0.6 is 0 Å². The second-order valence-corrected chi connectivity index (χ2v) is 6.58. The molecule has 2 saturated heterocycles. The molecule has 0 amide bonds. The Labute approximate surface area is 152 Å². The maximum Gasteiger partial charge on any atom is 0.184 e. The molecule has 2 fully saturated rings. The second kappa shape index (κ2) is 7.84. The number of benzene rings is 2. The molecule has 3 unspecified atom stereocenters. The molecule has 2 heterocycles. The Morgan fingerprint density at radius 2 is 1.69 bits per heavy atom. The smallest absolute Gasteiger partial charge is 0.184 e. The molecule has 4 rings (SSSR count). The van der Waals surface area contributed by atoms with Crippen LogP contribution in [-0.4, -0.2) is 42.4 Å². The van der Waals surface area contributed by atoms with Gasteiger partial charge in [-0.05, 0) is 5.56 Å². The first-order valence-corrected chi connectivity index (χ1v) is 8.79. The summed E-state index contributed by atoms with van der Waals surface area (Å²) in [4.78, 5) is 0. The van der Waals surface area contributed by atoms with Crippen LogP contribution in [0.25, 0.3) is 0 Å². The molecule has 2 aliphatic rings. The van der Waals surface area contributed by atoms with Crippen LogP contribution in [0.1, 0.15) is 17.4 Å². The summed E-state index contributed by atoms with van der Waals surface area (Å²) in [6.45, 7) is 0.664. The third-order valence-corrected chi connectivity index (χ3v) is 4.74. The van der Waals surface area contributed by atoms with E-state index < -0.39 is 36.9 Å². The number of aliphatic hydroxyl groups excluding tert-OH is 1. The van der Waals surface area contributed by atoms with E-state index in [2.05, 4.69) is 0 Å². The van der Waals surface area contributed by atoms with Crippen LogP contribution in [-0.2, 0) is 25.6 Å². The van der Waals surface area contributed by atoms with Gasteiger partial charge in [0.1, 0.15) is 18.3 Å². The van der Waals surface area contributed by atoms with Crippen LogP contribution in [0, 0.1) is 0 Å². The molecule has 6 heteroatoms. The van der Waals surface area contributed by atoms with Gasteiger partial charge in [-0.2, -0.15) is 0 Å². The Bertz CT molecular complexity index is 696. The van der Waals surface area contributed by atoms with E-state index in [1.165, 1.54) is 0 Å². The lowest BCUT2D eigenvalue weighted by Crippen LogP contribution is -2.64. The molecule has 6 nitrogen and oxygen atoms in total. The van der Waals surface area contributed by atoms with E-state index >= 15 is 0 Å². The summed E-state index contributed by atoms with van der Waals surface area (Å²) < 4.78 is 23.4. The summed E-state index contributed by atoms with van der Waals surface area (Å²) >= 11 is 0. The maximum atomic E-state index is 10.6. The Kier molecular flexibility index (Phi) is 5.31. The van der Waals surface area contributed by atoms with E-state index in [9.17, 15) is 5.11 Å². The molecule has 26 heavy (non-hydrogen) atoms. The number of ether oxygens (including phenoxy) is 4. The zero-order chi connectivity index (χ0) is 17.9. The van der Waals surface area contributed by atoms with E-state index in [-0.39, 0.29) is 0 Å². The van der Waals surface area contributed by atoms with Gasteiger partial charge in [-0.1, -0.05) is 60.7 Å². The topological polar surface area (TPSA) is 83.2 Å². The number of nitrogens with two attached hydrogens (primary N) is 1. The normalized spacial score (nSPS) is 34.2. The van der Waals surface area contributed by atoms with E-state index in [1.54, 1.807) is 0 Å². The largest absolute Gasteiger partial charge is 0.388 e. The minimum atomic E-state index is -0.898. The van der Waals surface area contributed by atoms with Crippen LogP contribution in [0.4, 0.5) is 0 Å². The van der Waals surface area contributed by atoms with Gasteiger partial charge >= 0.3 is 0 Å². The highest BCUT2D eigenvalue weighted by atomic mass is 16.7. The quantitative estimate of drug-likeness (QED) is 0.867. The monoisotopic (exact) mass is 357 g/mol. The molecule has 0 aromatic heterocycles. The van der Waals surface area contributed by atoms with Crippen molar-refractivity contribution in [3.63, 3.8) is 0 Å². The summed E-state index contributed by atoms with van der Waals surface area (Å²) in [5, 5.41) is 10.6. The molecule has 3 N–H and O–H groups in total. The SMILES string of the molecule is N[C@H]1C(OCc2ccccc2)O[C@@H]2COC(c3ccccc3)OC2[C@@H]1O. The van der Waals surface area contributed by atoms with Crippen LogP contribution in [0.3, 0.4) is 0 Å². The van der Waals surface area contributed by atoms with Gasteiger partial charge in [-0.3, -0.25) is 0 Å². The molecule has 0 saturated carbocycles. The summed E-state index contributed by atoms with van der Waals surface area (Å²) in [5.74, 6) is 0. The van der Waals surface area contributed by atoms with Crippen LogP contribution in [0.5, 0.6) is 0 Å². The number of fused-ring (bicyclic) bond motifs is 1. The van der Waals surface area contributed by atoms with Crippen LogP contribution in [0.2, 0.25) is 0 Å². The lowest BCUT2D eigenvalue weighted by atomic mass is 9.96. The van der Waals surface area contributed by atoms with Gasteiger partial charge in [0.2, 0.25) is 0 Å². The Morgan fingerprint density at radius 1 is 1.00 bits per heavy atom. The Balaban J connectivity index is 1.40. The molecule has 138 valence electrons. The van der Waals surface area contributed by atoms with Crippen molar-refractivity contribution in [2.75, 3.05) is 6.61 Å². The first-order chi connectivity index (χ1) is 12.7. The van der Waals surface area contributed by atoms with Gasteiger partial charge in [0.05, 0.1) is 19.3 Å². The Morgan fingerprint density at radius 3 is 2.42 bits per heavy atom. The highest BCUT2D eigenvalue weighted by molar-refractivity contribution is 5.17. The molecule has 0 bridgehead atoms. The zero-order valence-electron chi connectivity index (χ0n) is 14.3. The average molecular weight is 357 g/mol. The van der Waals surface area contributed by atoms with Crippen molar-refractivity contribution in [2.24, 2.45) is 5.73 Å². The van der Waals surface area contributed by atoms with E-state index in [1.807, 2.05) is 60.7 Å². The Hall–Kier alpha value is -1.80. The average Bonchev–Trinajstić information content (AvgIpc) is 2.71. The molecule has 2 aromatic rings. The van der Waals surface area contributed by atoms with Gasteiger partial charge in [0, 0.05) is 5.56 Å². The molecule has 6 atom stereocenters. The van der Waals surface area contributed by atoms with Crippen LogP contribution < -0.4 is 5.73 Å². The summed E-state index contributed by atoms with van der Waals surface area (Å²) in [6.07, 6.45) is -3.13. The third-order valence-electron chi connectivity index (χ3n) is 4.74. The first-order valence-electron chi connectivity index (χ1n) is 8.79. The van der Waals surface area contributed by atoms with Crippen molar-refractivity contribution >= 4 is 0 Å². The lowest BCUT2D eigenvalue weighted by molar-refractivity contribution is -0.343. The predicted octanol–water partition coefficient (Wildman–Crippen LogP) is 1.73. The molecular weight excluding hydrogens is 334 g/mol. The summed E-state index contributed by atoms with van der Waals surface area (Å²) in [5.41, 5.74) is 8.07. The molecule has 2 aromatic carbocycles. The fourth-order valence-electron chi connectivity index (χ4n) is 3.29. The van der Waals surface area contributed by atoms with Gasteiger partial charge in [-0.15, -0.1) is 0 Å². The van der Waals surface area contributed by atoms with Crippen molar-refractivity contribution in [2.45, 2.75) is 43.5 Å². The number of rotatable bonds is 4. The molecule has 0 spiro atoms. The van der Waals surface area contributed by atoms with Crippen LogP contribution in [0.15, 0.2) is 60.7 Å². The highest BCUT2D eigenvalue weighted by Crippen LogP contribution is 2.33. The van der Waals surface area contributed by atoms with Gasteiger partial charge in [0.15, 0.2) is 12.6 Å². The van der Waals surface area contributed by atoms with Crippen molar-refractivity contribution in [1.82, 2.24) is 0 Å². The predicted molar refractivity (Wildman–Crippen MR) is 93.9 cm³/mol. The van der Waals surface area contributed by atoms with Gasteiger partial charge in [0.25, 0.3) is 0 Å².